The van der Waals surface area contributed by atoms with Crippen molar-refractivity contribution in [1.82, 2.24) is 15.1 Å². The van der Waals surface area contributed by atoms with E-state index in [0.29, 0.717) is 22.5 Å². The van der Waals surface area contributed by atoms with Gasteiger partial charge in [-0.25, -0.2) is 0 Å². The summed E-state index contributed by atoms with van der Waals surface area (Å²) in [6.07, 6.45) is 1.97. The van der Waals surface area contributed by atoms with Gasteiger partial charge in [-0.1, -0.05) is 43.1 Å². The molecule has 5 heteroatoms. The molecule has 0 aliphatic carbocycles. The highest BCUT2D eigenvalue weighted by Crippen LogP contribution is 2.21. The van der Waals surface area contributed by atoms with Crippen molar-refractivity contribution in [2.24, 2.45) is 5.92 Å². The molecule has 0 fully saturated rings. The quantitative estimate of drug-likeness (QED) is 0.874. The fourth-order valence-corrected chi connectivity index (χ4v) is 2.37. The monoisotopic (exact) mass is 311 g/mol. The predicted octanol–water partition coefficient (Wildman–Crippen LogP) is 3.98. The van der Waals surface area contributed by atoms with Crippen molar-refractivity contribution in [2.75, 3.05) is 6.54 Å². The molecule has 0 saturated carbocycles. The molecule has 108 valence electrons. The fourth-order valence-electron chi connectivity index (χ4n) is 1.90. The highest BCUT2D eigenvalue weighted by molar-refractivity contribution is 6.35. The van der Waals surface area contributed by atoms with E-state index in [1.165, 1.54) is 0 Å². The minimum Gasteiger partial charge on any atom is -0.311 e. The van der Waals surface area contributed by atoms with E-state index in [4.69, 9.17) is 23.2 Å². The summed E-state index contributed by atoms with van der Waals surface area (Å²) in [4.78, 5) is 0. The average molecular weight is 312 g/mol. The Balaban J connectivity index is 1.95. The molecule has 1 heterocycles. The Kier molecular flexibility index (Phi) is 5.46. The van der Waals surface area contributed by atoms with E-state index in [1.807, 2.05) is 29.1 Å². The molecule has 2 rings (SSSR count). The van der Waals surface area contributed by atoms with Crippen LogP contribution in [-0.4, -0.2) is 16.3 Å². The first-order chi connectivity index (χ1) is 9.54. The van der Waals surface area contributed by atoms with Gasteiger partial charge in [-0.05, 0) is 36.2 Å². The molecule has 1 aromatic heterocycles. The van der Waals surface area contributed by atoms with Crippen LogP contribution in [0.2, 0.25) is 10.0 Å². The van der Waals surface area contributed by atoms with Crippen LogP contribution in [0.25, 0.3) is 0 Å². The molecule has 1 N–H and O–H groups in total. The summed E-state index contributed by atoms with van der Waals surface area (Å²) in [5.41, 5.74) is 2.05. The molecule has 0 bridgehead atoms. The SMILES string of the molecule is CC(C)CNCc1ccn(Cc2ccc(Cl)cc2Cl)n1. The van der Waals surface area contributed by atoms with Crippen molar-refractivity contribution in [3.8, 4) is 0 Å². The van der Waals surface area contributed by atoms with E-state index in [1.54, 1.807) is 6.07 Å². The van der Waals surface area contributed by atoms with Crippen molar-refractivity contribution in [3.05, 3.63) is 51.8 Å². The number of nitrogens with one attached hydrogen (secondary N) is 1. The fraction of sp³-hybridized carbons (Fsp3) is 0.400. The maximum Gasteiger partial charge on any atom is 0.0762 e. The van der Waals surface area contributed by atoms with Gasteiger partial charge in [0.1, 0.15) is 0 Å². The maximum atomic E-state index is 6.17. The summed E-state index contributed by atoms with van der Waals surface area (Å²) >= 11 is 12.1. The number of hydrogen-bond acceptors (Lipinski definition) is 2. The van der Waals surface area contributed by atoms with Crippen LogP contribution in [-0.2, 0) is 13.1 Å². The zero-order valence-corrected chi connectivity index (χ0v) is 13.2. The molecule has 0 aliphatic heterocycles. The Morgan fingerprint density at radius 3 is 2.75 bits per heavy atom. The van der Waals surface area contributed by atoms with Crippen LogP contribution in [0.15, 0.2) is 30.5 Å². The van der Waals surface area contributed by atoms with Crippen LogP contribution >= 0.6 is 23.2 Å². The van der Waals surface area contributed by atoms with Crippen LogP contribution < -0.4 is 5.32 Å². The molecule has 3 nitrogen and oxygen atoms in total. The third-order valence-corrected chi connectivity index (χ3v) is 3.49. The Labute approximate surface area is 129 Å². The Morgan fingerprint density at radius 2 is 2.05 bits per heavy atom. The van der Waals surface area contributed by atoms with E-state index in [9.17, 15) is 0 Å². The number of nitrogens with zero attached hydrogens (tertiary/aromatic N) is 2. The van der Waals surface area contributed by atoms with Crippen molar-refractivity contribution >= 4 is 23.2 Å². The molecule has 1 aromatic carbocycles. The summed E-state index contributed by atoms with van der Waals surface area (Å²) in [5.74, 6) is 0.643. The van der Waals surface area contributed by atoms with Gasteiger partial charge in [-0.3, -0.25) is 4.68 Å². The first-order valence-electron chi connectivity index (χ1n) is 6.71. The van der Waals surface area contributed by atoms with Gasteiger partial charge in [-0.2, -0.15) is 5.10 Å². The van der Waals surface area contributed by atoms with Gasteiger partial charge in [0.2, 0.25) is 0 Å². The van der Waals surface area contributed by atoms with E-state index >= 15 is 0 Å². The second-order valence-corrected chi connectivity index (χ2v) is 6.11. The van der Waals surface area contributed by atoms with Gasteiger partial charge in [-0.15, -0.1) is 0 Å². The molecular weight excluding hydrogens is 293 g/mol. The summed E-state index contributed by atoms with van der Waals surface area (Å²) in [6, 6.07) is 7.56. The van der Waals surface area contributed by atoms with Crippen molar-refractivity contribution in [3.63, 3.8) is 0 Å². The topological polar surface area (TPSA) is 29.9 Å². The third-order valence-electron chi connectivity index (χ3n) is 2.90. The summed E-state index contributed by atoms with van der Waals surface area (Å²) in [6.45, 7) is 6.82. The normalized spacial score (nSPS) is 11.2. The summed E-state index contributed by atoms with van der Waals surface area (Å²) < 4.78 is 1.89. The first kappa shape index (κ1) is 15.4. The van der Waals surface area contributed by atoms with Gasteiger partial charge < -0.3 is 5.32 Å². The largest absolute Gasteiger partial charge is 0.311 e. The maximum absolute atomic E-state index is 6.17. The molecule has 0 saturated heterocycles. The number of halogens is 2. The van der Waals surface area contributed by atoms with E-state index < -0.39 is 0 Å². The highest BCUT2D eigenvalue weighted by Gasteiger charge is 2.04. The van der Waals surface area contributed by atoms with Crippen LogP contribution in [0.5, 0.6) is 0 Å². The van der Waals surface area contributed by atoms with Gasteiger partial charge in [0.15, 0.2) is 0 Å². The van der Waals surface area contributed by atoms with Crippen molar-refractivity contribution < 1.29 is 0 Å². The molecule has 0 unspecified atom stereocenters. The van der Waals surface area contributed by atoms with Gasteiger partial charge in [0.25, 0.3) is 0 Å². The molecule has 0 spiro atoms. The lowest BCUT2D eigenvalue weighted by Gasteiger charge is -2.06. The van der Waals surface area contributed by atoms with Crippen molar-refractivity contribution in [2.45, 2.75) is 26.9 Å². The van der Waals surface area contributed by atoms with Gasteiger partial charge in [0.05, 0.1) is 12.2 Å². The molecule has 2 aromatic rings. The Bertz CT molecular complexity index is 564. The zero-order valence-electron chi connectivity index (χ0n) is 11.7. The lowest BCUT2D eigenvalue weighted by molar-refractivity contribution is 0.543. The Morgan fingerprint density at radius 1 is 1.25 bits per heavy atom. The minimum absolute atomic E-state index is 0.643. The van der Waals surface area contributed by atoms with Crippen molar-refractivity contribution in [1.29, 1.82) is 0 Å². The average Bonchev–Trinajstić information content (AvgIpc) is 2.80. The molecule has 0 atom stereocenters. The predicted molar refractivity (Wildman–Crippen MR) is 84.3 cm³/mol. The second kappa shape index (κ2) is 7.11. The number of hydrogen-bond donors (Lipinski definition) is 1. The van der Waals surface area contributed by atoms with Crippen LogP contribution in [0.3, 0.4) is 0 Å². The smallest absolute Gasteiger partial charge is 0.0762 e. The number of rotatable bonds is 6. The van der Waals surface area contributed by atoms with Gasteiger partial charge >= 0.3 is 0 Å². The van der Waals surface area contributed by atoms with Gasteiger partial charge in [0, 0.05) is 22.8 Å². The minimum atomic E-state index is 0.643. The number of benzene rings is 1. The van der Waals surface area contributed by atoms with E-state index in [2.05, 4.69) is 24.3 Å². The molecule has 0 aliphatic rings. The van der Waals surface area contributed by atoms with E-state index in [-0.39, 0.29) is 0 Å². The summed E-state index contributed by atoms with van der Waals surface area (Å²) in [5, 5.41) is 9.23. The number of aromatic nitrogens is 2. The molecular formula is C15H19Cl2N3. The Hall–Kier alpha value is -1.03. The third kappa shape index (κ3) is 4.51. The first-order valence-corrected chi connectivity index (χ1v) is 7.47. The summed E-state index contributed by atoms with van der Waals surface area (Å²) in [7, 11) is 0. The molecule has 0 radical (unpaired) electrons. The lowest BCUT2D eigenvalue weighted by atomic mass is 10.2. The highest BCUT2D eigenvalue weighted by atomic mass is 35.5. The molecule has 0 amide bonds. The van der Waals surface area contributed by atoms with Crippen LogP contribution in [0.4, 0.5) is 0 Å². The second-order valence-electron chi connectivity index (χ2n) is 5.27. The van der Waals surface area contributed by atoms with Crippen LogP contribution in [0.1, 0.15) is 25.1 Å². The standard InChI is InChI=1S/C15H19Cl2N3/c1-11(2)8-18-9-14-5-6-20(19-14)10-12-3-4-13(16)7-15(12)17/h3-7,11,18H,8-10H2,1-2H3. The van der Waals surface area contributed by atoms with E-state index in [0.717, 1.165) is 24.3 Å². The van der Waals surface area contributed by atoms with Crippen LogP contribution in [0, 0.1) is 5.92 Å². The molecule has 20 heavy (non-hydrogen) atoms. The zero-order chi connectivity index (χ0) is 14.5. The lowest BCUT2D eigenvalue weighted by Crippen LogP contribution is -2.19.